The zero-order valence-electron chi connectivity index (χ0n) is 17.8. The number of aryl methyl sites for hydroxylation is 1. The number of benzene rings is 1. The average molecular weight is 482 g/mol. The molecule has 0 saturated heterocycles. The number of aromatic nitrogens is 3. The lowest BCUT2D eigenvalue weighted by Gasteiger charge is -2.18. The molecule has 0 bridgehead atoms. The molecule has 3 aromatic rings. The normalized spacial score (nSPS) is 15.4. The van der Waals surface area contributed by atoms with E-state index in [2.05, 4.69) is 19.5 Å². The van der Waals surface area contributed by atoms with Gasteiger partial charge in [0.1, 0.15) is 0 Å². The minimum absolute atomic E-state index is 0.0105. The van der Waals surface area contributed by atoms with E-state index in [0.717, 1.165) is 23.3 Å². The van der Waals surface area contributed by atoms with Crippen LogP contribution >= 0.6 is 0 Å². The van der Waals surface area contributed by atoms with Crippen molar-refractivity contribution >= 4 is 10.2 Å². The van der Waals surface area contributed by atoms with Gasteiger partial charge in [-0.3, -0.25) is 0 Å². The molecule has 2 N–H and O–H groups in total. The quantitative estimate of drug-likeness (QED) is 0.510. The van der Waals surface area contributed by atoms with Gasteiger partial charge in [-0.15, -0.1) is 0 Å². The van der Waals surface area contributed by atoms with Gasteiger partial charge in [-0.25, -0.2) is 14.4 Å². The Kier molecular flexibility index (Phi) is 5.93. The standard InChI is InChI=1S/C21H22F3N5O3S/c1-3-29-19(32-18-8-7-16(13-26-18)21(22,23)24)12-17(27-29)14-5-4-6-15(11-14)20(9-10-20)28-33(30,31)25-2/h4-8,11-13,25,28H,3,9-10H2,1-2H3. The first-order valence-corrected chi connectivity index (χ1v) is 11.7. The van der Waals surface area contributed by atoms with Crippen molar-refractivity contribution in [3.05, 3.63) is 59.8 Å². The van der Waals surface area contributed by atoms with Crippen LogP contribution < -0.4 is 14.2 Å². The van der Waals surface area contributed by atoms with E-state index in [-0.39, 0.29) is 5.88 Å². The molecule has 1 fully saturated rings. The second-order valence-electron chi connectivity index (χ2n) is 7.64. The van der Waals surface area contributed by atoms with E-state index in [1.807, 2.05) is 31.2 Å². The lowest BCUT2D eigenvalue weighted by atomic mass is 10.0. The maximum Gasteiger partial charge on any atom is 0.417 e. The smallest absolute Gasteiger partial charge is 0.417 e. The van der Waals surface area contributed by atoms with Gasteiger partial charge < -0.3 is 4.74 Å². The Morgan fingerprint density at radius 2 is 1.94 bits per heavy atom. The highest BCUT2D eigenvalue weighted by atomic mass is 32.2. The Morgan fingerprint density at radius 1 is 1.18 bits per heavy atom. The fourth-order valence-electron chi connectivity index (χ4n) is 3.42. The van der Waals surface area contributed by atoms with E-state index in [1.165, 1.54) is 7.05 Å². The largest absolute Gasteiger partial charge is 0.421 e. The Bertz CT molecular complexity index is 1250. The van der Waals surface area contributed by atoms with E-state index >= 15 is 0 Å². The minimum Gasteiger partial charge on any atom is -0.421 e. The predicted molar refractivity (Wildman–Crippen MR) is 115 cm³/mol. The van der Waals surface area contributed by atoms with Crippen LogP contribution in [0.15, 0.2) is 48.7 Å². The fourth-order valence-corrected chi connectivity index (χ4v) is 4.36. The van der Waals surface area contributed by atoms with Crippen molar-refractivity contribution in [1.82, 2.24) is 24.2 Å². The molecule has 0 radical (unpaired) electrons. The van der Waals surface area contributed by atoms with Gasteiger partial charge in [0.25, 0.3) is 10.2 Å². The van der Waals surface area contributed by atoms with Crippen LogP contribution in [0.1, 0.15) is 30.9 Å². The molecule has 1 aliphatic rings. The number of alkyl halides is 3. The van der Waals surface area contributed by atoms with Gasteiger partial charge in [0.2, 0.25) is 11.8 Å². The highest BCUT2D eigenvalue weighted by Crippen LogP contribution is 2.46. The van der Waals surface area contributed by atoms with Crippen molar-refractivity contribution in [2.45, 2.75) is 38.0 Å². The molecule has 1 aliphatic carbocycles. The van der Waals surface area contributed by atoms with Crippen molar-refractivity contribution in [3.63, 3.8) is 0 Å². The molecule has 176 valence electrons. The lowest BCUT2D eigenvalue weighted by molar-refractivity contribution is -0.137. The SMILES string of the molecule is CCn1nc(-c2cccc(C3(NS(=O)(=O)NC)CC3)c2)cc1Oc1ccc(C(F)(F)F)cn1. The van der Waals surface area contributed by atoms with Crippen molar-refractivity contribution in [1.29, 1.82) is 0 Å². The number of hydrogen-bond donors (Lipinski definition) is 2. The van der Waals surface area contributed by atoms with Crippen molar-refractivity contribution in [3.8, 4) is 23.0 Å². The summed E-state index contributed by atoms with van der Waals surface area (Å²) < 4.78 is 74.5. The molecule has 4 rings (SSSR count). The molecule has 2 aromatic heterocycles. The molecular weight excluding hydrogens is 459 g/mol. The van der Waals surface area contributed by atoms with Gasteiger partial charge >= 0.3 is 6.18 Å². The molecule has 8 nitrogen and oxygen atoms in total. The molecular formula is C21H22F3N5O3S. The number of hydrogen-bond acceptors (Lipinski definition) is 5. The van der Waals surface area contributed by atoms with E-state index in [4.69, 9.17) is 4.74 Å². The highest BCUT2D eigenvalue weighted by molar-refractivity contribution is 7.87. The fraction of sp³-hybridized carbons (Fsp3) is 0.333. The third-order valence-electron chi connectivity index (χ3n) is 5.37. The Hall–Kier alpha value is -2.96. The highest BCUT2D eigenvalue weighted by Gasteiger charge is 2.47. The third-order valence-corrected chi connectivity index (χ3v) is 6.57. The molecule has 1 aromatic carbocycles. The van der Waals surface area contributed by atoms with Crippen LogP contribution in [-0.4, -0.2) is 30.2 Å². The summed E-state index contributed by atoms with van der Waals surface area (Å²) in [5.41, 5.74) is 0.623. The zero-order valence-corrected chi connectivity index (χ0v) is 18.7. The summed E-state index contributed by atoms with van der Waals surface area (Å²) in [6.45, 7) is 2.31. The second kappa shape index (κ2) is 8.43. The summed E-state index contributed by atoms with van der Waals surface area (Å²) in [5, 5.41) is 4.52. The Balaban J connectivity index is 1.59. The summed E-state index contributed by atoms with van der Waals surface area (Å²) in [6, 6.07) is 11.1. The van der Waals surface area contributed by atoms with Crippen LogP contribution in [0.3, 0.4) is 0 Å². The van der Waals surface area contributed by atoms with Crippen LogP contribution in [0, 0.1) is 0 Å². The van der Waals surface area contributed by atoms with Crippen LogP contribution in [-0.2, 0) is 28.5 Å². The third kappa shape index (κ3) is 5.02. The molecule has 33 heavy (non-hydrogen) atoms. The number of nitrogens with zero attached hydrogens (tertiary/aromatic N) is 3. The van der Waals surface area contributed by atoms with Crippen LogP contribution in [0.25, 0.3) is 11.3 Å². The van der Waals surface area contributed by atoms with E-state index in [1.54, 1.807) is 10.7 Å². The van der Waals surface area contributed by atoms with Crippen molar-refractivity contribution in [2.75, 3.05) is 7.05 Å². The zero-order chi connectivity index (χ0) is 23.9. The van der Waals surface area contributed by atoms with Gasteiger partial charge in [0, 0.05) is 37.5 Å². The average Bonchev–Trinajstić information content (AvgIpc) is 3.44. The number of pyridine rings is 1. The number of rotatable bonds is 8. The van der Waals surface area contributed by atoms with Gasteiger partial charge in [0.15, 0.2) is 0 Å². The molecule has 1 saturated carbocycles. The van der Waals surface area contributed by atoms with E-state index in [0.29, 0.717) is 37.2 Å². The first-order chi connectivity index (χ1) is 15.5. The van der Waals surface area contributed by atoms with Crippen LogP contribution in [0.4, 0.5) is 13.2 Å². The van der Waals surface area contributed by atoms with Crippen molar-refractivity contribution in [2.24, 2.45) is 0 Å². The molecule has 0 spiro atoms. The van der Waals surface area contributed by atoms with Gasteiger partial charge in [-0.05, 0) is 37.5 Å². The predicted octanol–water partition coefficient (Wildman–Crippen LogP) is 3.82. The lowest BCUT2D eigenvalue weighted by Crippen LogP contribution is -2.41. The molecule has 0 amide bonds. The Morgan fingerprint density at radius 3 is 2.52 bits per heavy atom. The number of halogens is 3. The molecule has 0 unspecified atom stereocenters. The maximum absolute atomic E-state index is 12.8. The monoisotopic (exact) mass is 481 g/mol. The van der Waals surface area contributed by atoms with Gasteiger partial charge in [-0.2, -0.15) is 31.4 Å². The first kappa shape index (κ1) is 23.2. The second-order valence-corrected chi connectivity index (χ2v) is 9.26. The van der Waals surface area contributed by atoms with Crippen LogP contribution in [0.2, 0.25) is 0 Å². The number of ether oxygens (including phenoxy) is 1. The molecule has 12 heteroatoms. The molecule has 0 atom stereocenters. The summed E-state index contributed by atoms with van der Waals surface area (Å²) >= 11 is 0. The van der Waals surface area contributed by atoms with Crippen LogP contribution in [0.5, 0.6) is 11.8 Å². The summed E-state index contributed by atoms with van der Waals surface area (Å²) in [7, 11) is -2.26. The molecule has 0 aliphatic heterocycles. The summed E-state index contributed by atoms with van der Waals surface area (Å²) in [4.78, 5) is 3.74. The topological polar surface area (TPSA) is 98.1 Å². The van der Waals surface area contributed by atoms with Crippen molar-refractivity contribution < 1.29 is 26.3 Å². The first-order valence-electron chi connectivity index (χ1n) is 10.2. The Labute approximate surface area is 189 Å². The minimum atomic E-state index is -4.48. The molecule has 2 heterocycles. The van der Waals surface area contributed by atoms with E-state index in [9.17, 15) is 21.6 Å². The number of nitrogens with one attached hydrogen (secondary N) is 2. The summed E-state index contributed by atoms with van der Waals surface area (Å²) in [6.07, 6.45) is -2.41. The maximum atomic E-state index is 12.8. The van der Waals surface area contributed by atoms with Gasteiger partial charge in [-0.1, -0.05) is 18.2 Å². The van der Waals surface area contributed by atoms with E-state index < -0.39 is 27.5 Å². The summed E-state index contributed by atoms with van der Waals surface area (Å²) in [5.74, 6) is 0.332. The van der Waals surface area contributed by atoms with Gasteiger partial charge in [0.05, 0.1) is 16.8 Å².